The molecule has 0 aliphatic rings. The fourth-order valence-corrected chi connectivity index (χ4v) is 2.73. The first kappa shape index (κ1) is 23.3. The summed E-state index contributed by atoms with van der Waals surface area (Å²) in [5.41, 5.74) is 1.59. The Bertz CT molecular complexity index is 1050. The average molecular weight is 419 g/mol. The van der Waals surface area contributed by atoms with E-state index in [1.807, 2.05) is 50.3 Å². The predicted molar refractivity (Wildman–Crippen MR) is 120 cm³/mol. The third-order valence-electron chi connectivity index (χ3n) is 4.39. The Labute approximate surface area is 182 Å². The van der Waals surface area contributed by atoms with Crippen molar-refractivity contribution in [3.05, 3.63) is 71.3 Å². The number of nitrogens with one attached hydrogen (secondary N) is 1. The molecule has 0 heterocycles. The van der Waals surface area contributed by atoms with Gasteiger partial charge in [0.15, 0.2) is 0 Å². The summed E-state index contributed by atoms with van der Waals surface area (Å²) in [4.78, 5) is 23.9. The van der Waals surface area contributed by atoms with Gasteiger partial charge in [-0.15, -0.1) is 6.42 Å². The molecule has 0 fully saturated rings. The summed E-state index contributed by atoms with van der Waals surface area (Å²) in [5.74, 6) is 1.73. The summed E-state index contributed by atoms with van der Waals surface area (Å²) in [5, 5.41) is 13.2. The molecular formula is C25H25NO5. The number of terminal acetylenes is 1. The molecule has 1 amide bonds. The minimum atomic E-state index is -0.748. The van der Waals surface area contributed by atoms with Crippen LogP contribution in [0.15, 0.2) is 60.2 Å². The number of para-hydroxylation sites is 1. The fraction of sp³-hybridized carbons (Fsp3) is 0.200. The highest BCUT2D eigenvalue weighted by Gasteiger charge is 2.19. The van der Waals surface area contributed by atoms with Crippen molar-refractivity contribution in [1.29, 1.82) is 0 Å². The van der Waals surface area contributed by atoms with Crippen LogP contribution in [0.1, 0.15) is 31.9 Å². The van der Waals surface area contributed by atoms with E-state index in [2.05, 4.69) is 11.2 Å². The number of esters is 1. The highest BCUT2D eigenvalue weighted by molar-refractivity contribution is 6.05. The molecule has 2 rings (SSSR count). The summed E-state index contributed by atoms with van der Waals surface area (Å²) in [6.07, 6.45) is 7.35. The number of allylic oxidation sites excluding steroid dienone is 2. The number of ether oxygens (including phenoxy) is 2. The van der Waals surface area contributed by atoms with Gasteiger partial charge in [-0.05, 0) is 62.2 Å². The Hall–Kier alpha value is -3.98. The topological polar surface area (TPSA) is 84.9 Å². The second-order valence-electron chi connectivity index (χ2n) is 6.45. The van der Waals surface area contributed by atoms with Crippen LogP contribution < -0.4 is 10.1 Å². The Morgan fingerprint density at radius 2 is 1.84 bits per heavy atom. The number of aliphatic hydroxyl groups is 1. The molecule has 0 unspecified atom stereocenters. The van der Waals surface area contributed by atoms with E-state index >= 15 is 0 Å². The van der Waals surface area contributed by atoms with E-state index < -0.39 is 11.9 Å². The molecule has 0 saturated heterocycles. The molecule has 0 radical (unpaired) electrons. The zero-order chi connectivity index (χ0) is 22.8. The first-order valence-electron chi connectivity index (χ1n) is 9.75. The van der Waals surface area contributed by atoms with Crippen molar-refractivity contribution in [3.8, 4) is 23.8 Å². The Kier molecular flexibility index (Phi) is 8.47. The molecule has 6 nitrogen and oxygen atoms in total. The Balaban J connectivity index is 2.40. The van der Waals surface area contributed by atoms with Gasteiger partial charge in [-0.25, -0.2) is 0 Å². The number of amides is 1. The number of hydrogen-bond donors (Lipinski definition) is 2. The van der Waals surface area contributed by atoms with Crippen LogP contribution in [-0.4, -0.2) is 30.1 Å². The van der Waals surface area contributed by atoms with Gasteiger partial charge in [0.1, 0.15) is 29.4 Å². The lowest BCUT2D eigenvalue weighted by Crippen LogP contribution is -2.31. The molecule has 0 aliphatic heterocycles. The van der Waals surface area contributed by atoms with E-state index in [0.717, 1.165) is 5.57 Å². The number of carbonyl (C=O) groups is 2. The normalized spacial score (nSPS) is 11.7. The monoisotopic (exact) mass is 419 g/mol. The van der Waals surface area contributed by atoms with Crippen LogP contribution in [0.4, 0.5) is 0 Å². The average Bonchev–Trinajstić information content (AvgIpc) is 2.78. The van der Waals surface area contributed by atoms with Crippen molar-refractivity contribution in [2.75, 3.05) is 13.2 Å². The van der Waals surface area contributed by atoms with E-state index in [0.29, 0.717) is 22.6 Å². The van der Waals surface area contributed by atoms with Gasteiger partial charge in [-0.1, -0.05) is 30.2 Å². The highest BCUT2D eigenvalue weighted by atomic mass is 16.5. The lowest BCUT2D eigenvalue weighted by Gasteiger charge is -2.14. The minimum absolute atomic E-state index is 0.196. The maximum Gasteiger partial charge on any atom is 0.325 e. The molecule has 2 aromatic carbocycles. The molecule has 0 aromatic heterocycles. The number of hydrogen-bond acceptors (Lipinski definition) is 5. The van der Waals surface area contributed by atoms with Crippen LogP contribution in [0, 0.1) is 12.3 Å². The zero-order valence-corrected chi connectivity index (χ0v) is 17.8. The maximum absolute atomic E-state index is 12.4. The van der Waals surface area contributed by atoms with Crippen LogP contribution in [0.2, 0.25) is 0 Å². The fourth-order valence-electron chi connectivity index (χ4n) is 2.73. The van der Waals surface area contributed by atoms with Crippen molar-refractivity contribution in [2.24, 2.45) is 0 Å². The minimum Gasteiger partial charge on any atom is -0.506 e. The van der Waals surface area contributed by atoms with Gasteiger partial charge in [-0.3, -0.25) is 9.59 Å². The number of benzene rings is 2. The molecule has 31 heavy (non-hydrogen) atoms. The molecule has 160 valence electrons. The van der Waals surface area contributed by atoms with Gasteiger partial charge >= 0.3 is 5.97 Å². The molecule has 0 saturated carbocycles. The first-order valence-corrected chi connectivity index (χ1v) is 9.75. The zero-order valence-electron chi connectivity index (χ0n) is 17.8. The summed E-state index contributed by atoms with van der Waals surface area (Å²) in [6, 6.07) is 14.4. The van der Waals surface area contributed by atoms with Gasteiger partial charge in [0, 0.05) is 5.56 Å². The summed E-state index contributed by atoms with van der Waals surface area (Å²) in [7, 11) is 0. The largest absolute Gasteiger partial charge is 0.506 e. The third-order valence-corrected chi connectivity index (χ3v) is 4.39. The number of carbonyl (C=O) groups excluding carboxylic acids is 2. The van der Waals surface area contributed by atoms with Crippen LogP contribution in [-0.2, 0) is 14.3 Å². The second kappa shape index (κ2) is 11.3. The van der Waals surface area contributed by atoms with Crippen LogP contribution in [0.5, 0.6) is 11.5 Å². The molecule has 6 heteroatoms. The van der Waals surface area contributed by atoms with Gasteiger partial charge < -0.3 is 19.9 Å². The van der Waals surface area contributed by atoms with Crippen molar-refractivity contribution in [3.63, 3.8) is 0 Å². The SMILES string of the molecule is C#C/C(C(=O)NCC(=O)OCC)=C(/O)c1ccc(Oc2ccccc2)cc1/C(C)=C\C. The first-order chi connectivity index (χ1) is 14.9. The number of aliphatic hydroxyl groups excluding tert-OH is 1. The molecule has 0 atom stereocenters. The van der Waals surface area contributed by atoms with Crippen LogP contribution >= 0.6 is 0 Å². The Morgan fingerprint density at radius 3 is 2.45 bits per heavy atom. The second-order valence-corrected chi connectivity index (χ2v) is 6.45. The maximum atomic E-state index is 12.4. The Morgan fingerprint density at radius 1 is 1.13 bits per heavy atom. The van der Waals surface area contributed by atoms with Crippen molar-refractivity contribution in [2.45, 2.75) is 20.8 Å². The van der Waals surface area contributed by atoms with E-state index in [1.54, 1.807) is 25.1 Å². The van der Waals surface area contributed by atoms with Crippen molar-refractivity contribution in [1.82, 2.24) is 5.32 Å². The van der Waals surface area contributed by atoms with Gasteiger partial charge in [0.2, 0.25) is 0 Å². The molecule has 0 aliphatic carbocycles. The van der Waals surface area contributed by atoms with Gasteiger partial charge in [0.25, 0.3) is 5.91 Å². The summed E-state index contributed by atoms with van der Waals surface area (Å²) >= 11 is 0. The van der Waals surface area contributed by atoms with Crippen LogP contribution in [0.25, 0.3) is 11.3 Å². The molecule has 2 N–H and O–H groups in total. The summed E-state index contributed by atoms with van der Waals surface area (Å²) in [6.45, 7) is 5.24. The molecule has 2 aromatic rings. The molecule has 0 bridgehead atoms. The predicted octanol–water partition coefficient (Wildman–Crippen LogP) is 4.48. The van der Waals surface area contributed by atoms with Crippen molar-refractivity contribution < 1.29 is 24.2 Å². The van der Waals surface area contributed by atoms with E-state index in [4.69, 9.17) is 15.9 Å². The lowest BCUT2D eigenvalue weighted by molar-refractivity contribution is -0.143. The van der Waals surface area contributed by atoms with E-state index in [9.17, 15) is 14.7 Å². The smallest absolute Gasteiger partial charge is 0.325 e. The van der Waals surface area contributed by atoms with Crippen LogP contribution in [0.3, 0.4) is 0 Å². The quantitative estimate of drug-likeness (QED) is 0.285. The van der Waals surface area contributed by atoms with Gasteiger partial charge in [0.05, 0.1) is 6.61 Å². The summed E-state index contributed by atoms with van der Waals surface area (Å²) < 4.78 is 10.6. The standard InChI is InChI=1S/C25H25NO5/c1-5-17(4)22-15-19(31-18-11-9-8-10-12-18)13-14-21(22)24(28)20(6-2)25(29)26-16-23(27)30-7-3/h2,5,8-15,28H,7,16H2,1,3-4H3,(H,26,29)/b17-5-,24-20-. The van der Waals surface area contributed by atoms with E-state index in [-0.39, 0.29) is 24.5 Å². The van der Waals surface area contributed by atoms with Gasteiger partial charge in [-0.2, -0.15) is 0 Å². The van der Waals surface area contributed by atoms with Crippen molar-refractivity contribution >= 4 is 23.2 Å². The van der Waals surface area contributed by atoms with E-state index in [1.165, 1.54) is 0 Å². The molecule has 0 spiro atoms. The third kappa shape index (κ3) is 6.25. The lowest BCUT2D eigenvalue weighted by atomic mass is 9.96. The molecular weight excluding hydrogens is 394 g/mol. The highest BCUT2D eigenvalue weighted by Crippen LogP contribution is 2.31. The number of rotatable bonds is 8.